The van der Waals surface area contributed by atoms with Crippen LogP contribution in [0.2, 0.25) is 0 Å². The van der Waals surface area contributed by atoms with Crippen molar-refractivity contribution in [3.05, 3.63) is 59.7 Å². The van der Waals surface area contributed by atoms with Crippen molar-refractivity contribution in [2.75, 3.05) is 11.9 Å². The van der Waals surface area contributed by atoms with Crippen molar-refractivity contribution in [2.24, 2.45) is 0 Å². The second-order valence-corrected chi connectivity index (χ2v) is 5.85. The zero-order valence-electron chi connectivity index (χ0n) is 13.5. The number of hydrogen-bond acceptors (Lipinski definition) is 3. The minimum Gasteiger partial charge on any atom is -0.491 e. The van der Waals surface area contributed by atoms with Crippen LogP contribution in [0.25, 0.3) is 0 Å². The standard InChI is InChI=1S/C19H20N2O3/c1-13(15-5-3-2-4-6-15)20-19(23)12-14-7-8-17-16(11-14)21-18(22)9-10-24-17/h2-8,11,13H,9-10,12H2,1H3,(H,20,23)(H,21,22). The number of fused-ring (bicyclic) bond motifs is 1. The van der Waals surface area contributed by atoms with Crippen molar-refractivity contribution in [2.45, 2.75) is 25.8 Å². The average molecular weight is 324 g/mol. The monoisotopic (exact) mass is 324 g/mol. The Bertz CT molecular complexity index is 744. The SMILES string of the molecule is CC(NC(=O)Cc1ccc2c(c1)NC(=O)CCO2)c1ccccc1. The predicted octanol–water partition coefficient (Wildman–Crippen LogP) is 2.83. The highest BCUT2D eigenvalue weighted by molar-refractivity contribution is 5.93. The normalized spacial score (nSPS) is 14.6. The first-order valence-electron chi connectivity index (χ1n) is 8.02. The quantitative estimate of drug-likeness (QED) is 0.909. The Labute approximate surface area is 141 Å². The van der Waals surface area contributed by atoms with Gasteiger partial charge < -0.3 is 15.4 Å². The second kappa shape index (κ2) is 7.17. The maximum absolute atomic E-state index is 12.3. The molecule has 0 aliphatic carbocycles. The van der Waals surface area contributed by atoms with Crippen LogP contribution in [0.4, 0.5) is 5.69 Å². The Morgan fingerprint density at radius 2 is 2.04 bits per heavy atom. The Hall–Kier alpha value is -2.82. The molecule has 0 bridgehead atoms. The van der Waals surface area contributed by atoms with Gasteiger partial charge in [-0.2, -0.15) is 0 Å². The average Bonchev–Trinajstić information content (AvgIpc) is 2.75. The lowest BCUT2D eigenvalue weighted by Gasteiger charge is -2.15. The highest BCUT2D eigenvalue weighted by atomic mass is 16.5. The van der Waals surface area contributed by atoms with E-state index in [0.29, 0.717) is 24.5 Å². The molecule has 1 aliphatic rings. The van der Waals surface area contributed by atoms with E-state index in [1.54, 1.807) is 12.1 Å². The van der Waals surface area contributed by atoms with E-state index in [-0.39, 0.29) is 24.3 Å². The van der Waals surface area contributed by atoms with E-state index >= 15 is 0 Å². The molecule has 2 N–H and O–H groups in total. The Morgan fingerprint density at radius 1 is 1.25 bits per heavy atom. The van der Waals surface area contributed by atoms with Crippen LogP contribution < -0.4 is 15.4 Å². The van der Waals surface area contributed by atoms with Gasteiger partial charge in [0, 0.05) is 0 Å². The number of anilines is 1. The highest BCUT2D eigenvalue weighted by Gasteiger charge is 2.15. The van der Waals surface area contributed by atoms with Gasteiger partial charge in [-0.25, -0.2) is 0 Å². The number of hydrogen-bond donors (Lipinski definition) is 2. The molecule has 24 heavy (non-hydrogen) atoms. The van der Waals surface area contributed by atoms with Gasteiger partial charge >= 0.3 is 0 Å². The Morgan fingerprint density at radius 3 is 2.83 bits per heavy atom. The lowest BCUT2D eigenvalue weighted by Crippen LogP contribution is -2.28. The van der Waals surface area contributed by atoms with Crippen molar-refractivity contribution in [3.8, 4) is 5.75 Å². The third kappa shape index (κ3) is 3.93. The fraction of sp³-hybridized carbons (Fsp3) is 0.263. The molecular formula is C19H20N2O3. The van der Waals surface area contributed by atoms with Gasteiger partial charge in [0.05, 0.1) is 31.2 Å². The van der Waals surface area contributed by atoms with Crippen LogP contribution in [-0.2, 0) is 16.0 Å². The topological polar surface area (TPSA) is 67.4 Å². The zero-order valence-corrected chi connectivity index (χ0v) is 13.5. The van der Waals surface area contributed by atoms with Gasteiger partial charge in [0.2, 0.25) is 11.8 Å². The van der Waals surface area contributed by atoms with Crippen LogP contribution in [0.5, 0.6) is 5.75 Å². The lowest BCUT2D eigenvalue weighted by atomic mass is 10.1. The van der Waals surface area contributed by atoms with Gasteiger partial charge in [-0.3, -0.25) is 9.59 Å². The summed E-state index contributed by atoms with van der Waals surface area (Å²) in [5, 5.41) is 5.80. The first-order chi connectivity index (χ1) is 11.6. The number of rotatable bonds is 4. The summed E-state index contributed by atoms with van der Waals surface area (Å²) >= 11 is 0. The number of carbonyl (C=O) groups is 2. The van der Waals surface area contributed by atoms with E-state index in [1.807, 2.05) is 43.3 Å². The van der Waals surface area contributed by atoms with Gasteiger partial charge in [0.15, 0.2) is 0 Å². The maximum Gasteiger partial charge on any atom is 0.227 e. The number of nitrogens with one attached hydrogen (secondary N) is 2. The summed E-state index contributed by atoms with van der Waals surface area (Å²) in [7, 11) is 0. The molecule has 0 saturated carbocycles. The summed E-state index contributed by atoms with van der Waals surface area (Å²) in [5.74, 6) is 0.503. The van der Waals surface area contributed by atoms with Crippen LogP contribution in [-0.4, -0.2) is 18.4 Å². The van der Waals surface area contributed by atoms with E-state index < -0.39 is 0 Å². The number of amides is 2. The van der Waals surface area contributed by atoms with Gasteiger partial charge in [-0.1, -0.05) is 36.4 Å². The van der Waals surface area contributed by atoms with Crippen molar-refractivity contribution in [1.82, 2.24) is 5.32 Å². The molecule has 5 heteroatoms. The minimum absolute atomic E-state index is 0.0532. The molecule has 2 amide bonds. The Kier molecular flexibility index (Phi) is 4.79. The lowest BCUT2D eigenvalue weighted by molar-refractivity contribution is -0.121. The van der Waals surface area contributed by atoms with E-state index in [0.717, 1.165) is 11.1 Å². The summed E-state index contributed by atoms with van der Waals surface area (Å²) in [6, 6.07) is 15.2. The first-order valence-corrected chi connectivity index (χ1v) is 8.02. The van der Waals surface area contributed by atoms with Crippen LogP contribution in [0, 0.1) is 0 Å². The summed E-state index contributed by atoms with van der Waals surface area (Å²) in [4.78, 5) is 23.9. The molecule has 1 heterocycles. The molecule has 0 saturated heterocycles. The molecule has 5 nitrogen and oxygen atoms in total. The van der Waals surface area contributed by atoms with Crippen molar-refractivity contribution in [3.63, 3.8) is 0 Å². The summed E-state index contributed by atoms with van der Waals surface area (Å²) < 4.78 is 5.52. The second-order valence-electron chi connectivity index (χ2n) is 5.85. The van der Waals surface area contributed by atoms with Crippen LogP contribution >= 0.6 is 0 Å². The molecule has 0 fully saturated rings. The molecule has 124 valence electrons. The van der Waals surface area contributed by atoms with Gasteiger partial charge in [0.25, 0.3) is 0 Å². The first kappa shape index (κ1) is 16.1. The molecule has 0 aromatic heterocycles. The zero-order chi connectivity index (χ0) is 16.9. The van der Waals surface area contributed by atoms with Crippen LogP contribution in [0.15, 0.2) is 48.5 Å². The van der Waals surface area contributed by atoms with E-state index in [4.69, 9.17) is 4.74 Å². The molecule has 0 radical (unpaired) electrons. The molecule has 2 aromatic carbocycles. The molecule has 1 aliphatic heterocycles. The Balaban J connectivity index is 1.65. The van der Waals surface area contributed by atoms with E-state index in [1.165, 1.54) is 0 Å². The van der Waals surface area contributed by atoms with Crippen molar-refractivity contribution >= 4 is 17.5 Å². The summed E-state index contributed by atoms with van der Waals surface area (Å²) in [5.41, 5.74) is 2.52. The molecule has 3 rings (SSSR count). The van der Waals surface area contributed by atoms with Gasteiger partial charge in [-0.15, -0.1) is 0 Å². The molecular weight excluding hydrogens is 304 g/mol. The maximum atomic E-state index is 12.3. The largest absolute Gasteiger partial charge is 0.491 e. The highest BCUT2D eigenvalue weighted by Crippen LogP contribution is 2.28. The number of benzene rings is 2. The summed E-state index contributed by atoms with van der Waals surface area (Å²) in [6.07, 6.45) is 0.583. The van der Waals surface area contributed by atoms with Crippen LogP contribution in [0.3, 0.4) is 0 Å². The smallest absolute Gasteiger partial charge is 0.227 e. The molecule has 0 spiro atoms. The van der Waals surface area contributed by atoms with Crippen molar-refractivity contribution in [1.29, 1.82) is 0 Å². The minimum atomic E-state index is -0.0759. The molecule has 2 aromatic rings. The molecule has 1 atom stereocenters. The number of ether oxygens (including phenoxy) is 1. The predicted molar refractivity (Wildman–Crippen MR) is 91.9 cm³/mol. The van der Waals surface area contributed by atoms with E-state index in [9.17, 15) is 9.59 Å². The van der Waals surface area contributed by atoms with Gasteiger partial charge in [0.1, 0.15) is 5.75 Å². The molecule has 1 unspecified atom stereocenters. The third-order valence-corrected chi connectivity index (χ3v) is 3.95. The summed E-state index contributed by atoms with van der Waals surface area (Å²) in [6.45, 7) is 2.32. The number of carbonyl (C=O) groups excluding carboxylic acids is 2. The fourth-order valence-electron chi connectivity index (χ4n) is 2.68. The van der Waals surface area contributed by atoms with Crippen LogP contribution in [0.1, 0.15) is 30.5 Å². The fourth-order valence-corrected chi connectivity index (χ4v) is 2.68. The van der Waals surface area contributed by atoms with Gasteiger partial charge in [-0.05, 0) is 30.2 Å². The third-order valence-electron chi connectivity index (χ3n) is 3.95. The van der Waals surface area contributed by atoms with Crippen molar-refractivity contribution < 1.29 is 14.3 Å². The van der Waals surface area contributed by atoms with E-state index in [2.05, 4.69) is 10.6 Å².